The number of rotatable bonds is 3. The molecule has 0 spiro atoms. The molecule has 6 heteroatoms. The topological polar surface area (TPSA) is 75.7 Å². The molecule has 0 saturated carbocycles. The SMILES string of the molecule is COC(=O)C[C@@H]1C(=O)NCCN1C(=O)c1ccc(C)c(C)c1. The lowest BCUT2D eigenvalue weighted by atomic mass is 10.0. The van der Waals surface area contributed by atoms with E-state index in [4.69, 9.17) is 0 Å². The summed E-state index contributed by atoms with van der Waals surface area (Å²) in [5, 5.41) is 2.68. The molecular weight excluding hydrogens is 284 g/mol. The number of aryl methyl sites for hydroxylation is 2. The van der Waals surface area contributed by atoms with Crippen molar-refractivity contribution < 1.29 is 19.1 Å². The van der Waals surface area contributed by atoms with Gasteiger partial charge in [-0.05, 0) is 37.1 Å². The van der Waals surface area contributed by atoms with Gasteiger partial charge in [0.25, 0.3) is 5.91 Å². The van der Waals surface area contributed by atoms with Crippen LogP contribution >= 0.6 is 0 Å². The second-order valence-corrected chi connectivity index (χ2v) is 5.38. The van der Waals surface area contributed by atoms with Crippen LogP contribution in [-0.4, -0.2) is 48.9 Å². The average molecular weight is 304 g/mol. The van der Waals surface area contributed by atoms with Crippen LogP contribution in [0, 0.1) is 13.8 Å². The number of amides is 2. The van der Waals surface area contributed by atoms with E-state index in [0.29, 0.717) is 18.7 Å². The average Bonchev–Trinajstić information content (AvgIpc) is 2.51. The lowest BCUT2D eigenvalue weighted by molar-refractivity contribution is -0.145. The second kappa shape index (κ2) is 6.60. The summed E-state index contributed by atoms with van der Waals surface area (Å²) in [5.41, 5.74) is 2.63. The number of hydrogen-bond donors (Lipinski definition) is 1. The van der Waals surface area contributed by atoms with Gasteiger partial charge in [0.05, 0.1) is 13.5 Å². The van der Waals surface area contributed by atoms with Crippen LogP contribution in [0.2, 0.25) is 0 Å². The van der Waals surface area contributed by atoms with E-state index < -0.39 is 12.0 Å². The molecule has 1 aromatic rings. The van der Waals surface area contributed by atoms with E-state index in [2.05, 4.69) is 10.1 Å². The van der Waals surface area contributed by atoms with Gasteiger partial charge in [0.15, 0.2) is 0 Å². The Morgan fingerprint density at radius 2 is 2.05 bits per heavy atom. The number of benzene rings is 1. The number of nitrogens with zero attached hydrogens (tertiary/aromatic N) is 1. The Labute approximate surface area is 129 Å². The van der Waals surface area contributed by atoms with E-state index in [-0.39, 0.29) is 18.2 Å². The molecule has 1 heterocycles. The summed E-state index contributed by atoms with van der Waals surface area (Å²) in [6, 6.07) is 4.60. The van der Waals surface area contributed by atoms with Crippen molar-refractivity contribution in [1.29, 1.82) is 0 Å². The molecule has 1 aromatic carbocycles. The minimum Gasteiger partial charge on any atom is -0.469 e. The van der Waals surface area contributed by atoms with Crippen molar-refractivity contribution in [3.63, 3.8) is 0 Å². The van der Waals surface area contributed by atoms with Gasteiger partial charge in [-0.25, -0.2) is 0 Å². The number of esters is 1. The summed E-state index contributed by atoms with van der Waals surface area (Å²) in [5.74, 6) is -1.08. The minimum absolute atomic E-state index is 0.140. The van der Waals surface area contributed by atoms with Gasteiger partial charge in [-0.1, -0.05) is 6.07 Å². The molecule has 1 saturated heterocycles. The Hall–Kier alpha value is -2.37. The van der Waals surface area contributed by atoms with Crippen LogP contribution in [0.3, 0.4) is 0 Å². The Bertz CT molecular complexity index is 612. The third-order valence-electron chi connectivity index (χ3n) is 3.93. The van der Waals surface area contributed by atoms with Crippen LogP contribution < -0.4 is 5.32 Å². The van der Waals surface area contributed by atoms with E-state index in [9.17, 15) is 14.4 Å². The first-order valence-electron chi connectivity index (χ1n) is 7.16. The number of carbonyl (C=O) groups excluding carboxylic acids is 3. The number of methoxy groups -OCH3 is 1. The molecule has 118 valence electrons. The summed E-state index contributed by atoms with van der Waals surface area (Å²) < 4.78 is 4.61. The third-order valence-corrected chi connectivity index (χ3v) is 3.93. The molecule has 1 N–H and O–H groups in total. The van der Waals surface area contributed by atoms with Crippen LogP contribution in [0.15, 0.2) is 18.2 Å². The molecule has 1 fully saturated rings. The molecule has 1 aliphatic rings. The van der Waals surface area contributed by atoms with Gasteiger partial charge in [-0.3, -0.25) is 14.4 Å². The van der Waals surface area contributed by atoms with Crippen molar-refractivity contribution in [2.75, 3.05) is 20.2 Å². The van der Waals surface area contributed by atoms with Gasteiger partial charge < -0.3 is 15.0 Å². The van der Waals surface area contributed by atoms with Crippen LogP contribution in [0.1, 0.15) is 27.9 Å². The van der Waals surface area contributed by atoms with Gasteiger partial charge >= 0.3 is 5.97 Å². The highest BCUT2D eigenvalue weighted by molar-refractivity contribution is 5.99. The predicted molar refractivity (Wildman–Crippen MR) is 80.4 cm³/mol. The van der Waals surface area contributed by atoms with Gasteiger partial charge in [0.1, 0.15) is 6.04 Å². The normalized spacial score (nSPS) is 17.9. The zero-order valence-electron chi connectivity index (χ0n) is 13.0. The van der Waals surface area contributed by atoms with E-state index >= 15 is 0 Å². The Kier molecular flexibility index (Phi) is 4.80. The highest BCUT2D eigenvalue weighted by atomic mass is 16.5. The standard InChI is InChI=1S/C16H20N2O4/c1-10-4-5-12(8-11(10)2)16(21)18-7-6-17-15(20)13(18)9-14(19)22-3/h4-5,8,13H,6-7,9H2,1-3H3,(H,17,20)/t13-/m1/s1. The quantitative estimate of drug-likeness (QED) is 0.838. The van der Waals surface area contributed by atoms with E-state index in [0.717, 1.165) is 11.1 Å². The summed E-state index contributed by atoms with van der Waals surface area (Å²) in [4.78, 5) is 37.6. The molecule has 2 amide bonds. The Morgan fingerprint density at radius 1 is 1.32 bits per heavy atom. The summed E-state index contributed by atoms with van der Waals surface area (Å²) >= 11 is 0. The first-order chi connectivity index (χ1) is 10.4. The van der Waals surface area contributed by atoms with Gasteiger partial charge in [0.2, 0.25) is 5.91 Å². The second-order valence-electron chi connectivity index (χ2n) is 5.38. The molecule has 0 unspecified atom stereocenters. The summed E-state index contributed by atoms with van der Waals surface area (Å²) in [6.07, 6.45) is -0.140. The molecule has 0 aliphatic carbocycles. The van der Waals surface area contributed by atoms with Crippen molar-refractivity contribution in [3.05, 3.63) is 34.9 Å². The van der Waals surface area contributed by atoms with Crippen LogP contribution in [0.5, 0.6) is 0 Å². The highest BCUT2D eigenvalue weighted by Crippen LogP contribution is 2.17. The van der Waals surface area contributed by atoms with E-state index in [1.165, 1.54) is 12.0 Å². The Morgan fingerprint density at radius 3 is 2.68 bits per heavy atom. The monoisotopic (exact) mass is 304 g/mol. The van der Waals surface area contributed by atoms with Crippen molar-refractivity contribution in [2.24, 2.45) is 0 Å². The lowest BCUT2D eigenvalue weighted by Gasteiger charge is -2.34. The first-order valence-corrected chi connectivity index (χ1v) is 7.16. The molecule has 2 rings (SSSR count). The largest absolute Gasteiger partial charge is 0.469 e. The zero-order chi connectivity index (χ0) is 16.3. The maximum atomic E-state index is 12.7. The summed E-state index contributed by atoms with van der Waals surface area (Å²) in [7, 11) is 1.26. The molecule has 0 bridgehead atoms. The van der Waals surface area contributed by atoms with Crippen molar-refractivity contribution in [2.45, 2.75) is 26.3 Å². The molecule has 1 atom stereocenters. The van der Waals surface area contributed by atoms with Crippen molar-refractivity contribution >= 4 is 17.8 Å². The third kappa shape index (κ3) is 3.27. The molecular formula is C16H20N2O4. The molecule has 1 aliphatic heterocycles. The van der Waals surface area contributed by atoms with Crippen LogP contribution in [-0.2, 0) is 14.3 Å². The first kappa shape index (κ1) is 16.0. The van der Waals surface area contributed by atoms with Gasteiger partial charge in [-0.15, -0.1) is 0 Å². The fourth-order valence-corrected chi connectivity index (χ4v) is 2.44. The highest BCUT2D eigenvalue weighted by Gasteiger charge is 2.35. The van der Waals surface area contributed by atoms with E-state index in [1.807, 2.05) is 19.9 Å². The number of carbonyl (C=O) groups is 3. The van der Waals surface area contributed by atoms with Crippen LogP contribution in [0.4, 0.5) is 0 Å². The number of piperazine rings is 1. The lowest BCUT2D eigenvalue weighted by Crippen LogP contribution is -2.57. The molecule has 6 nitrogen and oxygen atoms in total. The minimum atomic E-state index is -0.824. The number of hydrogen-bond acceptors (Lipinski definition) is 4. The Balaban J connectivity index is 2.25. The molecule has 22 heavy (non-hydrogen) atoms. The van der Waals surface area contributed by atoms with Crippen molar-refractivity contribution in [3.8, 4) is 0 Å². The van der Waals surface area contributed by atoms with E-state index in [1.54, 1.807) is 12.1 Å². The fraction of sp³-hybridized carbons (Fsp3) is 0.438. The smallest absolute Gasteiger partial charge is 0.308 e. The fourth-order valence-electron chi connectivity index (χ4n) is 2.44. The zero-order valence-corrected chi connectivity index (χ0v) is 13.0. The molecule has 0 radical (unpaired) electrons. The van der Waals surface area contributed by atoms with Gasteiger partial charge in [0, 0.05) is 18.7 Å². The van der Waals surface area contributed by atoms with Crippen LogP contribution in [0.25, 0.3) is 0 Å². The summed E-state index contributed by atoms with van der Waals surface area (Å²) in [6.45, 7) is 4.66. The number of nitrogens with one attached hydrogen (secondary N) is 1. The van der Waals surface area contributed by atoms with Gasteiger partial charge in [-0.2, -0.15) is 0 Å². The predicted octanol–water partition coefficient (Wildman–Crippen LogP) is 0.807. The number of ether oxygens (including phenoxy) is 1. The molecule has 0 aromatic heterocycles. The maximum absolute atomic E-state index is 12.7. The van der Waals surface area contributed by atoms with Crippen molar-refractivity contribution in [1.82, 2.24) is 10.2 Å². The maximum Gasteiger partial charge on any atom is 0.308 e.